The summed E-state index contributed by atoms with van der Waals surface area (Å²) in [5.74, 6) is -19.3. The second-order valence-corrected chi connectivity index (χ2v) is 33.7. The molecule has 0 radical (unpaired) electrons. The Labute approximate surface area is 809 Å². The van der Waals surface area contributed by atoms with Crippen molar-refractivity contribution in [2.24, 2.45) is 63.1 Å². The van der Waals surface area contributed by atoms with Crippen molar-refractivity contribution in [3.63, 3.8) is 0 Å². The number of carbonyl (C=O) groups excluding carboxylic acids is 16. The van der Waals surface area contributed by atoms with E-state index in [0.717, 1.165) is 0 Å². The van der Waals surface area contributed by atoms with E-state index in [-0.39, 0.29) is 218 Å². The van der Waals surface area contributed by atoms with Gasteiger partial charge in [-0.15, -0.1) is 0 Å². The number of likely N-dealkylation sites (tertiary alicyclic amines) is 2. The molecular formula is C82H145N37O19S. The van der Waals surface area contributed by atoms with Gasteiger partial charge in [0, 0.05) is 77.4 Å². The van der Waals surface area contributed by atoms with E-state index in [1.165, 1.54) is 34.1 Å². The van der Waals surface area contributed by atoms with E-state index < -0.39 is 240 Å². The van der Waals surface area contributed by atoms with E-state index in [1.807, 2.05) is 0 Å². The number of benzene rings is 1. The van der Waals surface area contributed by atoms with Gasteiger partial charge in [-0.25, -0.2) is 4.79 Å². The zero-order chi connectivity index (χ0) is 104. The average Bonchev–Trinajstić information content (AvgIpc) is 1.66. The van der Waals surface area contributed by atoms with Crippen LogP contribution in [0.5, 0.6) is 5.75 Å². The second kappa shape index (κ2) is 64.8. The van der Waals surface area contributed by atoms with Crippen molar-refractivity contribution in [1.29, 1.82) is 32.5 Å². The summed E-state index contributed by atoms with van der Waals surface area (Å²) in [4.78, 5) is 242. The molecule has 2 aliphatic heterocycles. The van der Waals surface area contributed by atoms with Crippen LogP contribution >= 0.6 is 12.6 Å². The molecule has 56 nitrogen and oxygen atoms in total. The molecule has 2 fully saturated rings. The first-order valence-electron chi connectivity index (χ1n) is 45.9. The highest BCUT2D eigenvalue weighted by molar-refractivity contribution is 7.80. The molecule has 2 aliphatic rings. The zero-order valence-corrected chi connectivity index (χ0v) is 78.9. The number of aromatic hydroxyl groups is 1. The molecule has 0 saturated carbocycles. The molecule has 3 rings (SSSR count). The number of carboxylic acid groups (broad SMARTS) is 1. The van der Waals surface area contributed by atoms with E-state index in [0.29, 0.717) is 24.8 Å². The number of hydrogen-bond acceptors (Lipinski definition) is 28. The summed E-state index contributed by atoms with van der Waals surface area (Å²) in [7, 11) is 0. The number of nitrogens with two attached hydrogens (primary N) is 11. The number of phenols is 1. The van der Waals surface area contributed by atoms with Crippen molar-refractivity contribution in [2.75, 3.05) is 77.7 Å². The maximum absolute atomic E-state index is 15.1. The SMILES string of the molecule is N=C(N)NCCC[C@H](NC(=O)CNC(=O)[C@H](Cc1ccc(O)cc1)NC(=O)[C@@H](N)CS)C(=O)N[C@@H](CCCCN)C(=O)N[C@@H](CCCCN)C(=O)N[C@@H](CCCNC(=N)N)C(=O)N[C@@H](CCCNC(=N)N)C(=O)N[C@@H](CCC(N)=O)C(=O)N[C@@H](CCCNC(=N)N)C(=O)N[C@@H](CCCNC(=N)N)C(=O)N[C@@H](CCCNC(=N)N)C(=O)N1CCC[C@H]1C(=O)N1CCC[C@H]1C(=O)N[C@@H](CCC(N)=O)C(=O)O. The molecule has 48 N–H and O–H groups in total. The van der Waals surface area contributed by atoms with E-state index in [9.17, 15) is 63.0 Å². The van der Waals surface area contributed by atoms with E-state index in [1.54, 1.807) is 0 Å². The summed E-state index contributed by atoms with van der Waals surface area (Å²) in [6.45, 7) is -0.836. The van der Waals surface area contributed by atoms with Crippen LogP contribution in [-0.4, -0.2) is 319 Å². The van der Waals surface area contributed by atoms with Crippen LogP contribution in [0.25, 0.3) is 0 Å². The minimum atomic E-state index is -1.83. The highest BCUT2D eigenvalue weighted by atomic mass is 32.1. The van der Waals surface area contributed by atoms with Crippen LogP contribution in [0.15, 0.2) is 24.3 Å². The number of aliphatic carboxylic acids is 1. The van der Waals surface area contributed by atoms with Gasteiger partial charge in [0.05, 0.1) is 12.6 Å². The number of unbranched alkanes of at least 4 members (excludes halogenated alkanes) is 2. The van der Waals surface area contributed by atoms with Crippen LogP contribution in [0.1, 0.15) is 173 Å². The number of hydrogen-bond donors (Lipinski definition) is 38. The topological polar surface area (TPSA) is 983 Å². The van der Waals surface area contributed by atoms with Crippen molar-refractivity contribution in [3.05, 3.63) is 29.8 Å². The largest absolute Gasteiger partial charge is 0.508 e. The van der Waals surface area contributed by atoms with Crippen LogP contribution in [0.2, 0.25) is 0 Å². The Morgan fingerprint density at radius 2 is 0.662 bits per heavy atom. The molecule has 0 spiro atoms. The van der Waals surface area contributed by atoms with Gasteiger partial charge in [0.1, 0.15) is 84.3 Å². The third kappa shape index (κ3) is 47.5. The first-order valence-corrected chi connectivity index (χ1v) is 46.6. The number of rotatable bonds is 68. The molecule has 16 amide bonds. The lowest BCUT2D eigenvalue weighted by Gasteiger charge is -2.33. The first kappa shape index (κ1) is 119. The number of nitrogens with zero attached hydrogens (tertiary/aromatic N) is 2. The van der Waals surface area contributed by atoms with E-state index in [2.05, 4.69) is 108 Å². The summed E-state index contributed by atoms with van der Waals surface area (Å²) in [5.41, 5.74) is 62.5. The standard InChI is InChI=1S/C82H145N37O19S/c83-31-3-1-13-48(108-65(126)47(15-5-33-100-77(88)89)107-62(123)42-106-64(125)57(117-63(124)46(85)43-139)41-44-23-25-45(120)26-24-44)66(127)109-49(14-2-4-32-84)67(128)110-50(16-6-34-101-78(90)91)68(129)111-52(18-8-36-103-80(94)95)70(131)114-54(27-29-60(86)121)72(133)113-51(17-7-35-102-79(92)93)69(130)112-53(19-9-37-104-81(96)97)71(132)115-55(20-10-38-105-82(98)99)74(135)119-40-12-22-59(119)75(136)118-39-11-21-58(118)73(134)116-56(76(137)138)28-30-61(87)122/h23-26,46-59,120,139H,1-22,27-43,83-85H2,(H2,86,121)(H2,87,122)(H,106,125)(H,107,123)(H,108,126)(H,109,127)(H,110,128)(H,111,129)(H,112,130)(H,113,133)(H,114,131)(H,115,132)(H,116,134)(H,117,124)(H,137,138)(H4,88,89,100)(H4,90,91,101)(H4,92,93,102)(H4,94,95,103)(H4,96,97,104)(H4,98,99,105)/t46-,47-,48-,49-,50-,51-,52-,53-,54-,55-,56-,57-,58-,59-/m0/s1. The molecule has 57 heteroatoms. The Bertz CT molecular complexity index is 4330. The van der Waals surface area contributed by atoms with Crippen LogP contribution in [-0.2, 0) is 87.9 Å². The molecule has 139 heavy (non-hydrogen) atoms. The highest BCUT2D eigenvalue weighted by Gasteiger charge is 2.46. The molecule has 0 aliphatic carbocycles. The molecule has 2 heterocycles. The quantitative estimate of drug-likeness (QED) is 0.0125. The number of carboxylic acids is 1. The van der Waals surface area contributed by atoms with Crippen molar-refractivity contribution in [1.82, 2.24) is 106 Å². The number of guanidine groups is 6. The third-order valence-corrected chi connectivity index (χ3v) is 22.5. The van der Waals surface area contributed by atoms with Gasteiger partial charge in [0.2, 0.25) is 94.5 Å². The maximum atomic E-state index is 15.1. The maximum Gasteiger partial charge on any atom is 0.326 e. The smallest absolute Gasteiger partial charge is 0.326 e. The van der Waals surface area contributed by atoms with Crippen molar-refractivity contribution >= 4 is 149 Å². The monoisotopic (exact) mass is 1980 g/mol. The van der Waals surface area contributed by atoms with Gasteiger partial charge in [-0.3, -0.25) is 109 Å². The van der Waals surface area contributed by atoms with Gasteiger partial charge in [-0.1, -0.05) is 12.1 Å². The summed E-state index contributed by atoms with van der Waals surface area (Å²) in [5, 5.41) is 113. The Balaban J connectivity index is 2.11. The van der Waals surface area contributed by atoms with Gasteiger partial charge >= 0.3 is 5.97 Å². The molecule has 0 aromatic heterocycles. The zero-order valence-electron chi connectivity index (χ0n) is 78.0. The van der Waals surface area contributed by atoms with E-state index >= 15 is 28.8 Å². The lowest BCUT2D eigenvalue weighted by molar-refractivity contribution is -0.149. The number of phenolic OH excluding ortho intramolecular Hbond substituents is 1. The molecular weight excluding hydrogens is 1840 g/mol. The molecule has 1 aromatic carbocycles. The minimum absolute atomic E-state index is 0.00836. The Morgan fingerprint density at radius 1 is 0.360 bits per heavy atom. The number of thiol groups is 1. The Kier molecular flexibility index (Phi) is 55.5. The van der Waals surface area contributed by atoms with Crippen molar-refractivity contribution in [2.45, 2.75) is 258 Å². The Hall–Kier alpha value is -14.1. The van der Waals surface area contributed by atoms with Crippen LogP contribution in [0.3, 0.4) is 0 Å². The lowest BCUT2D eigenvalue weighted by Crippen LogP contribution is -2.61. The molecule has 1 aromatic rings. The van der Waals surface area contributed by atoms with Crippen molar-refractivity contribution < 1.29 is 91.7 Å². The van der Waals surface area contributed by atoms with Gasteiger partial charge in [0.25, 0.3) is 0 Å². The number of nitrogens with one attached hydrogen (secondary N) is 24. The fraction of sp³-hybridized carbons (Fsp3) is 0.646. The highest BCUT2D eigenvalue weighted by Crippen LogP contribution is 2.27. The third-order valence-electron chi connectivity index (χ3n) is 22.1. The summed E-state index contributed by atoms with van der Waals surface area (Å²) in [6.07, 6.45) is -2.19. The number of carbonyl (C=O) groups is 17. The van der Waals surface area contributed by atoms with Gasteiger partial charge in [-0.05, 0) is 185 Å². The molecule has 2 saturated heterocycles. The van der Waals surface area contributed by atoms with Crippen molar-refractivity contribution in [3.8, 4) is 5.75 Å². The molecule has 0 bridgehead atoms. The van der Waals surface area contributed by atoms with Gasteiger partial charge < -0.3 is 179 Å². The molecule has 0 unspecified atom stereocenters. The van der Waals surface area contributed by atoms with Crippen LogP contribution in [0.4, 0.5) is 0 Å². The van der Waals surface area contributed by atoms with Crippen LogP contribution < -0.4 is 159 Å². The van der Waals surface area contributed by atoms with Crippen LogP contribution in [0, 0.1) is 32.5 Å². The summed E-state index contributed by atoms with van der Waals surface area (Å²) < 4.78 is 0. The van der Waals surface area contributed by atoms with Gasteiger partial charge in [0.15, 0.2) is 35.8 Å². The minimum Gasteiger partial charge on any atom is -0.508 e. The molecule has 14 atom stereocenters. The second-order valence-electron chi connectivity index (χ2n) is 33.3. The fourth-order valence-electron chi connectivity index (χ4n) is 14.8. The predicted octanol–water partition coefficient (Wildman–Crippen LogP) is -11.9. The average molecular weight is 1990 g/mol. The Morgan fingerprint density at radius 3 is 0.993 bits per heavy atom. The predicted molar refractivity (Wildman–Crippen MR) is 513 cm³/mol. The van der Waals surface area contributed by atoms with E-state index in [4.69, 9.17) is 95.5 Å². The number of primary amides is 2. The molecule has 778 valence electrons. The fourth-order valence-corrected chi connectivity index (χ4v) is 15.0. The first-order chi connectivity index (χ1) is 65.9. The van der Waals surface area contributed by atoms with Gasteiger partial charge in [-0.2, -0.15) is 12.6 Å². The summed E-state index contributed by atoms with van der Waals surface area (Å²) in [6, 6.07) is -15.1. The lowest BCUT2D eigenvalue weighted by atomic mass is 10.0. The summed E-state index contributed by atoms with van der Waals surface area (Å²) >= 11 is 4.06. The number of amides is 16. The normalized spacial score (nSPS) is 15.7.